The molecule has 1 aromatic heterocycles. The molecule has 1 fully saturated rings. The summed E-state index contributed by atoms with van der Waals surface area (Å²) in [5.41, 5.74) is 6.34. The summed E-state index contributed by atoms with van der Waals surface area (Å²) < 4.78 is 1.56. The predicted octanol–water partition coefficient (Wildman–Crippen LogP) is 1.24. The van der Waals surface area contributed by atoms with Crippen LogP contribution in [0.5, 0.6) is 0 Å². The minimum absolute atomic E-state index is 0.343. The number of hydrogen-bond acceptors (Lipinski definition) is 5. The van der Waals surface area contributed by atoms with E-state index in [1.54, 1.807) is 4.68 Å². The van der Waals surface area contributed by atoms with Crippen molar-refractivity contribution < 1.29 is 0 Å². The van der Waals surface area contributed by atoms with Crippen molar-refractivity contribution in [2.75, 3.05) is 23.7 Å². The monoisotopic (exact) mass is 244 g/mol. The molecule has 2 heterocycles. The smallest absolute Gasteiger partial charge is 0.170 e. The van der Waals surface area contributed by atoms with E-state index in [9.17, 15) is 5.26 Å². The van der Waals surface area contributed by atoms with E-state index >= 15 is 0 Å². The van der Waals surface area contributed by atoms with Gasteiger partial charge in [-0.25, -0.2) is 4.68 Å². The molecule has 1 saturated heterocycles. The van der Waals surface area contributed by atoms with Crippen molar-refractivity contribution in [2.45, 2.75) is 32.2 Å². The fourth-order valence-electron chi connectivity index (χ4n) is 2.22. The van der Waals surface area contributed by atoms with Gasteiger partial charge in [-0.15, -0.1) is 0 Å². The number of nitrogen functional groups attached to an aromatic ring is 1. The predicted molar refractivity (Wildman–Crippen MR) is 67.6 cm³/mol. The largest absolute Gasteiger partial charge is 0.383 e. The number of aryl methyl sites for hydroxylation is 1. The van der Waals surface area contributed by atoms with Crippen molar-refractivity contribution in [3.05, 3.63) is 5.56 Å². The maximum absolute atomic E-state index is 9.19. The van der Waals surface area contributed by atoms with Crippen LogP contribution in [0.2, 0.25) is 0 Å². The lowest BCUT2D eigenvalue weighted by Crippen LogP contribution is -2.30. The fourth-order valence-corrected chi connectivity index (χ4v) is 2.22. The maximum atomic E-state index is 9.19. The zero-order valence-electron chi connectivity index (χ0n) is 10.3. The van der Waals surface area contributed by atoms with Gasteiger partial charge in [-0.2, -0.15) is 15.6 Å². The van der Waals surface area contributed by atoms with E-state index in [0.29, 0.717) is 30.2 Å². The first-order valence-electron chi connectivity index (χ1n) is 6.16. The number of nitriles is 2. The molecule has 2 N–H and O–H groups in total. The molecule has 94 valence electrons. The molecule has 0 saturated carbocycles. The molecule has 0 amide bonds. The molecule has 0 spiro atoms. The molecule has 6 nitrogen and oxygen atoms in total. The quantitative estimate of drug-likeness (QED) is 0.863. The highest BCUT2D eigenvalue weighted by atomic mass is 15.4. The van der Waals surface area contributed by atoms with Gasteiger partial charge in [-0.05, 0) is 19.3 Å². The number of aromatic nitrogens is 2. The maximum Gasteiger partial charge on any atom is 0.170 e. The Morgan fingerprint density at radius 2 is 1.94 bits per heavy atom. The van der Waals surface area contributed by atoms with Gasteiger partial charge >= 0.3 is 0 Å². The molecule has 1 aliphatic heterocycles. The van der Waals surface area contributed by atoms with Crippen molar-refractivity contribution in [1.29, 1.82) is 10.5 Å². The van der Waals surface area contributed by atoms with Crippen LogP contribution in [0.3, 0.4) is 0 Å². The van der Waals surface area contributed by atoms with Crippen LogP contribution in [-0.4, -0.2) is 22.9 Å². The molecule has 0 unspecified atom stereocenters. The second kappa shape index (κ2) is 5.42. The number of piperidine rings is 1. The Hall–Kier alpha value is -2.21. The highest BCUT2D eigenvalue weighted by Crippen LogP contribution is 2.26. The lowest BCUT2D eigenvalue weighted by Gasteiger charge is -2.26. The van der Waals surface area contributed by atoms with Crippen molar-refractivity contribution in [2.24, 2.45) is 0 Å². The number of nitrogens with zero attached hydrogens (tertiary/aromatic N) is 5. The number of anilines is 2. The lowest BCUT2D eigenvalue weighted by molar-refractivity contribution is 0.563. The molecule has 0 bridgehead atoms. The van der Waals surface area contributed by atoms with Crippen LogP contribution in [-0.2, 0) is 6.54 Å². The molecular formula is C12H16N6. The van der Waals surface area contributed by atoms with E-state index in [1.807, 2.05) is 0 Å². The van der Waals surface area contributed by atoms with E-state index in [-0.39, 0.29) is 0 Å². The van der Waals surface area contributed by atoms with Crippen LogP contribution >= 0.6 is 0 Å². The third kappa shape index (κ3) is 2.23. The summed E-state index contributed by atoms with van der Waals surface area (Å²) in [6, 6.07) is 4.18. The Balaban J connectivity index is 2.29. The minimum Gasteiger partial charge on any atom is -0.383 e. The molecule has 0 aliphatic carbocycles. The molecule has 0 aromatic carbocycles. The van der Waals surface area contributed by atoms with Crippen LogP contribution in [0.25, 0.3) is 0 Å². The van der Waals surface area contributed by atoms with Crippen LogP contribution in [0.1, 0.15) is 31.2 Å². The van der Waals surface area contributed by atoms with Gasteiger partial charge < -0.3 is 10.6 Å². The zero-order valence-corrected chi connectivity index (χ0v) is 10.3. The van der Waals surface area contributed by atoms with Crippen molar-refractivity contribution in [3.63, 3.8) is 0 Å². The van der Waals surface area contributed by atoms with Crippen molar-refractivity contribution >= 4 is 11.6 Å². The SMILES string of the molecule is N#CCCn1nc(N2CCCCC2)c(C#N)c1N. The van der Waals surface area contributed by atoms with Crippen LogP contribution in [0, 0.1) is 22.7 Å². The third-order valence-electron chi connectivity index (χ3n) is 3.18. The third-order valence-corrected chi connectivity index (χ3v) is 3.18. The van der Waals surface area contributed by atoms with E-state index in [2.05, 4.69) is 22.1 Å². The fraction of sp³-hybridized carbons (Fsp3) is 0.583. The van der Waals surface area contributed by atoms with Gasteiger partial charge in [0.2, 0.25) is 0 Å². The van der Waals surface area contributed by atoms with E-state index in [4.69, 9.17) is 11.0 Å². The van der Waals surface area contributed by atoms with Gasteiger partial charge in [0.25, 0.3) is 0 Å². The second-order valence-electron chi connectivity index (χ2n) is 4.37. The molecular weight excluding hydrogens is 228 g/mol. The number of rotatable bonds is 3. The first-order valence-corrected chi connectivity index (χ1v) is 6.16. The van der Waals surface area contributed by atoms with Crippen LogP contribution < -0.4 is 10.6 Å². The number of hydrogen-bond donors (Lipinski definition) is 1. The van der Waals surface area contributed by atoms with E-state index in [0.717, 1.165) is 25.9 Å². The van der Waals surface area contributed by atoms with Gasteiger partial charge in [-0.1, -0.05) is 0 Å². The summed E-state index contributed by atoms with van der Waals surface area (Å²) in [6.45, 7) is 2.28. The molecule has 0 radical (unpaired) electrons. The molecule has 1 aromatic rings. The summed E-state index contributed by atoms with van der Waals surface area (Å²) in [7, 11) is 0. The average Bonchev–Trinajstić information content (AvgIpc) is 2.74. The van der Waals surface area contributed by atoms with Gasteiger partial charge in [0, 0.05) is 13.1 Å². The summed E-state index contributed by atoms with van der Waals surface area (Å²) in [5, 5.41) is 22.2. The van der Waals surface area contributed by atoms with Crippen LogP contribution in [0.4, 0.5) is 11.6 Å². The second-order valence-corrected chi connectivity index (χ2v) is 4.37. The summed E-state index contributed by atoms with van der Waals surface area (Å²) in [6.07, 6.45) is 3.81. The van der Waals surface area contributed by atoms with Gasteiger partial charge in [-0.3, -0.25) is 0 Å². The zero-order chi connectivity index (χ0) is 13.0. The Labute approximate surface area is 106 Å². The Bertz CT molecular complexity index is 498. The highest BCUT2D eigenvalue weighted by molar-refractivity contribution is 5.65. The molecule has 1 aliphatic rings. The van der Waals surface area contributed by atoms with E-state index < -0.39 is 0 Å². The average molecular weight is 244 g/mol. The summed E-state index contributed by atoms with van der Waals surface area (Å²) >= 11 is 0. The molecule has 0 atom stereocenters. The highest BCUT2D eigenvalue weighted by Gasteiger charge is 2.21. The van der Waals surface area contributed by atoms with Crippen molar-refractivity contribution in [3.8, 4) is 12.1 Å². The lowest BCUT2D eigenvalue weighted by atomic mass is 10.1. The topological polar surface area (TPSA) is 94.7 Å². The first kappa shape index (κ1) is 12.3. The standard InChI is InChI=1S/C12H16N6/c13-5-4-8-18-11(15)10(9-14)12(16-18)17-6-2-1-3-7-17/h1-4,6-8,15H2. The number of nitrogens with two attached hydrogens (primary N) is 1. The van der Waals surface area contributed by atoms with Crippen LogP contribution in [0.15, 0.2) is 0 Å². The summed E-state index contributed by atoms with van der Waals surface area (Å²) in [5.74, 6) is 1.04. The normalized spacial score (nSPS) is 15.1. The van der Waals surface area contributed by atoms with E-state index in [1.165, 1.54) is 6.42 Å². The Morgan fingerprint density at radius 1 is 1.22 bits per heavy atom. The molecule has 18 heavy (non-hydrogen) atoms. The Kier molecular flexibility index (Phi) is 3.69. The van der Waals surface area contributed by atoms with Gasteiger partial charge in [0.1, 0.15) is 17.5 Å². The van der Waals surface area contributed by atoms with Gasteiger partial charge in [0.15, 0.2) is 5.82 Å². The van der Waals surface area contributed by atoms with Crippen molar-refractivity contribution in [1.82, 2.24) is 9.78 Å². The first-order chi connectivity index (χ1) is 8.77. The summed E-state index contributed by atoms with van der Waals surface area (Å²) in [4.78, 5) is 2.11. The molecule has 2 rings (SSSR count). The van der Waals surface area contributed by atoms with Gasteiger partial charge in [0.05, 0.1) is 19.0 Å². The Morgan fingerprint density at radius 3 is 2.56 bits per heavy atom. The minimum atomic E-state index is 0.343. The molecule has 6 heteroatoms.